The van der Waals surface area contributed by atoms with E-state index in [-0.39, 0.29) is 6.54 Å². The van der Waals surface area contributed by atoms with Crippen LogP contribution in [0.15, 0.2) is 0 Å². The van der Waals surface area contributed by atoms with Gasteiger partial charge in [0.05, 0.1) is 6.54 Å². The van der Waals surface area contributed by atoms with Gasteiger partial charge in [-0.15, -0.1) is 0 Å². The zero-order valence-electron chi connectivity index (χ0n) is 8.48. The highest BCUT2D eigenvalue weighted by molar-refractivity contribution is 5.69. The Kier molecular flexibility index (Phi) is 3.03. The van der Waals surface area contributed by atoms with Crippen molar-refractivity contribution in [3.8, 4) is 0 Å². The molecule has 2 aliphatic heterocycles. The first-order valence-corrected chi connectivity index (χ1v) is 5.44. The number of piperazine rings is 1. The van der Waals surface area contributed by atoms with Crippen molar-refractivity contribution in [2.75, 3.05) is 32.7 Å². The van der Waals surface area contributed by atoms with Gasteiger partial charge in [0.25, 0.3) is 0 Å². The average Bonchev–Trinajstić information content (AvgIpc) is 2.17. The van der Waals surface area contributed by atoms with E-state index in [0.29, 0.717) is 6.04 Å². The fourth-order valence-corrected chi connectivity index (χ4v) is 2.56. The monoisotopic (exact) mass is 198 g/mol. The summed E-state index contributed by atoms with van der Waals surface area (Å²) in [4.78, 5) is 15.2. The summed E-state index contributed by atoms with van der Waals surface area (Å²) in [6.45, 7) is 4.35. The van der Waals surface area contributed by atoms with Crippen molar-refractivity contribution < 1.29 is 9.90 Å². The quantitative estimate of drug-likeness (QED) is 0.690. The van der Waals surface area contributed by atoms with Crippen LogP contribution in [0.1, 0.15) is 19.3 Å². The third kappa shape index (κ3) is 2.25. The summed E-state index contributed by atoms with van der Waals surface area (Å²) in [5.41, 5.74) is 0. The van der Waals surface area contributed by atoms with E-state index < -0.39 is 5.97 Å². The van der Waals surface area contributed by atoms with Crippen molar-refractivity contribution in [1.82, 2.24) is 9.80 Å². The lowest BCUT2D eigenvalue weighted by atomic mass is 9.99. The fraction of sp³-hybridized carbons (Fsp3) is 0.900. The van der Waals surface area contributed by atoms with Crippen molar-refractivity contribution in [3.63, 3.8) is 0 Å². The molecule has 0 aromatic rings. The van der Waals surface area contributed by atoms with Crippen molar-refractivity contribution in [3.05, 3.63) is 0 Å². The average molecular weight is 198 g/mol. The standard InChI is InChI=1S/C10H18N2O2/c13-10(14)8-11-5-6-12-4-2-1-3-9(12)7-11/h9H,1-8H2,(H,13,14). The molecule has 2 heterocycles. The van der Waals surface area contributed by atoms with E-state index in [4.69, 9.17) is 5.11 Å². The summed E-state index contributed by atoms with van der Waals surface area (Å²) in [7, 11) is 0. The second kappa shape index (κ2) is 4.28. The molecule has 2 fully saturated rings. The molecule has 2 aliphatic rings. The summed E-state index contributed by atoms with van der Waals surface area (Å²) in [6, 6.07) is 0.622. The lowest BCUT2D eigenvalue weighted by Crippen LogP contribution is -2.55. The SMILES string of the molecule is O=C(O)CN1CCN2CCCCC2C1. The number of carboxylic acid groups (broad SMARTS) is 1. The molecule has 80 valence electrons. The molecule has 0 radical (unpaired) electrons. The van der Waals surface area contributed by atoms with E-state index >= 15 is 0 Å². The summed E-state index contributed by atoms with van der Waals surface area (Å²) in [6.07, 6.45) is 3.87. The normalized spacial score (nSPS) is 29.9. The van der Waals surface area contributed by atoms with Gasteiger partial charge >= 0.3 is 5.97 Å². The smallest absolute Gasteiger partial charge is 0.317 e. The minimum atomic E-state index is -0.700. The molecule has 0 amide bonds. The van der Waals surface area contributed by atoms with Crippen LogP contribution in [0.5, 0.6) is 0 Å². The highest BCUT2D eigenvalue weighted by Crippen LogP contribution is 2.20. The lowest BCUT2D eigenvalue weighted by molar-refractivity contribution is -0.139. The third-order valence-electron chi connectivity index (χ3n) is 3.28. The number of piperidine rings is 1. The number of fused-ring (bicyclic) bond motifs is 1. The van der Waals surface area contributed by atoms with Gasteiger partial charge in [-0.25, -0.2) is 0 Å². The first kappa shape index (κ1) is 9.93. The Balaban J connectivity index is 1.86. The van der Waals surface area contributed by atoms with Crippen LogP contribution in [0, 0.1) is 0 Å². The second-order valence-electron chi connectivity index (χ2n) is 4.31. The molecule has 0 aromatic heterocycles. The van der Waals surface area contributed by atoms with Crippen LogP contribution in [-0.2, 0) is 4.79 Å². The molecular formula is C10H18N2O2. The van der Waals surface area contributed by atoms with Crippen LogP contribution in [0.4, 0.5) is 0 Å². The summed E-state index contributed by atoms with van der Waals surface area (Å²) < 4.78 is 0. The molecule has 0 saturated carbocycles. The Morgan fingerprint density at radius 1 is 1.29 bits per heavy atom. The van der Waals surface area contributed by atoms with Crippen molar-refractivity contribution in [2.45, 2.75) is 25.3 Å². The largest absolute Gasteiger partial charge is 0.480 e. The van der Waals surface area contributed by atoms with Crippen LogP contribution in [0.25, 0.3) is 0 Å². The molecule has 0 aliphatic carbocycles. The maximum Gasteiger partial charge on any atom is 0.317 e. The zero-order chi connectivity index (χ0) is 9.97. The minimum absolute atomic E-state index is 0.213. The maximum absolute atomic E-state index is 10.6. The molecule has 1 atom stereocenters. The van der Waals surface area contributed by atoms with Gasteiger partial charge in [0, 0.05) is 25.7 Å². The molecule has 0 aromatic carbocycles. The van der Waals surface area contributed by atoms with E-state index in [9.17, 15) is 4.79 Å². The van der Waals surface area contributed by atoms with Crippen molar-refractivity contribution in [1.29, 1.82) is 0 Å². The fourth-order valence-electron chi connectivity index (χ4n) is 2.56. The van der Waals surface area contributed by atoms with E-state index in [0.717, 1.165) is 19.6 Å². The Hall–Kier alpha value is -0.610. The first-order chi connectivity index (χ1) is 6.75. The Labute approximate surface area is 84.5 Å². The number of aliphatic carboxylic acids is 1. The number of hydrogen-bond donors (Lipinski definition) is 1. The van der Waals surface area contributed by atoms with E-state index in [1.165, 1.54) is 25.8 Å². The van der Waals surface area contributed by atoms with Gasteiger partial charge in [0.1, 0.15) is 0 Å². The second-order valence-corrected chi connectivity index (χ2v) is 4.31. The van der Waals surface area contributed by atoms with Crippen LogP contribution >= 0.6 is 0 Å². The zero-order valence-corrected chi connectivity index (χ0v) is 8.48. The van der Waals surface area contributed by atoms with Gasteiger partial charge < -0.3 is 5.11 Å². The molecule has 1 unspecified atom stereocenters. The number of carbonyl (C=O) groups is 1. The topological polar surface area (TPSA) is 43.8 Å². The third-order valence-corrected chi connectivity index (χ3v) is 3.28. The van der Waals surface area contributed by atoms with Gasteiger partial charge in [-0.3, -0.25) is 14.6 Å². The van der Waals surface area contributed by atoms with E-state index in [1.54, 1.807) is 0 Å². The molecule has 2 rings (SSSR count). The highest BCUT2D eigenvalue weighted by Gasteiger charge is 2.29. The van der Waals surface area contributed by atoms with E-state index in [1.807, 2.05) is 0 Å². The Morgan fingerprint density at radius 2 is 2.14 bits per heavy atom. The van der Waals surface area contributed by atoms with E-state index in [2.05, 4.69) is 9.80 Å². The summed E-state index contributed by atoms with van der Waals surface area (Å²) in [5.74, 6) is -0.700. The predicted octanol–water partition coefficient (Wildman–Crippen LogP) is 0.241. The molecule has 0 spiro atoms. The predicted molar refractivity (Wildman–Crippen MR) is 53.3 cm³/mol. The molecule has 0 bridgehead atoms. The van der Waals surface area contributed by atoms with Crippen LogP contribution in [-0.4, -0.2) is 59.6 Å². The Bertz CT molecular complexity index is 220. The number of hydrogen-bond acceptors (Lipinski definition) is 3. The van der Waals surface area contributed by atoms with Gasteiger partial charge in [-0.1, -0.05) is 6.42 Å². The maximum atomic E-state index is 10.6. The van der Waals surface area contributed by atoms with Gasteiger partial charge in [-0.2, -0.15) is 0 Å². The summed E-state index contributed by atoms with van der Waals surface area (Å²) >= 11 is 0. The minimum Gasteiger partial charge on any atom is -0.480 e. The van der Waals surface area contributed by atoms with Gasteiger partial charge in [0.2, 0.25) is 0 Å². The first-order valence-electron chi connectivity index (χ1n) is 5.44. The van der Waals surface area contributed by atoms with Crippen LogP contribution in [0.2, 0.25) is 0 Å². The van der Waals surface area contributed by atoms with Crippen LogP contribution < -0.4 is 0 Å². The molecular weight excluding hydrogens is 180 g/mol. The summed E-state index contributed by atoms with van der Waals surface area (Å²) in [5, 5.41) is 8.71. The molecule has 1 N–H and O–H groups in total. The molecule has 4 nitrogen and oxygen atoms in total. The Morgan fingerprint density at radius 3 is 2.93 bits per heavy atom. The van der Waals surface area contributed by atoms with Gasteiger partial charge in [0.15, 0.2) is 0 Å². The number of rotatable bonds is 2. The molecule has 4 heteroatoms. The van der Waals surface area contributed by atoms with Crippen LogP contribution in [0.3, 0.4) is 0 Å². The van der Waals surface area contributed by atoms with Crippen molar-refractivity contribution >= 4 is 5.97 Å². The molecule has 14 heavy (non-hydrogen) atoms. The van der Waals surface area contributed by atoms with Gasteiger partial charge in [-0.05, 0) is 19.4 Å². The highest BCUT2D eigenvalue weighted by atomic mass is 16.4. The number of nitrogens with zero attached hydrogens (tertiary/aromatic N) is 2. The van der Waals surface area contributed by atoms with Crippen molar-refractivity contribution in [2.24, 2.45) is 0 Å². The number of carboxylic acids is 1. The molecule has 2 saturated heterocycles. The lowest BCUT2D eigenvalue weighted by Gasteiger charge is -2.43.